The Morgan fingerprint density at radius 3 is 2.91 bits per heavy atom. The van der Waals surface area contributed by atoms with E-state index in [0.29, 0.717) is 0 Å². The van der Waals surface area contributed by atoms with Crippen LogP contribution in [0.2, 0.25) is 0 Å². The summed E-state index contributed by atoms with van der Waals surface area (Å²) in [5, 5.41) is 4.66. The molecule has 0 bridgehead atoms. The number of piperidine rings is 1. The van der Waals surface area contributed by atoms with Crippen LogP contribution in [-0.2, 0) is 0 Å². The maximum absolute atomic E-state index is 5.45. The Hall–Kier alpha value is -0.690. The summed E-state index contributed by atoms with van der Waals surface area (Å²) in [6.07, 6.45) is 5.30. The van der Waals surface area contributed by atoms with Crippen molar-refractivity contribution in [3.8, 4) is 5.69 Å². The third-order valence-electron chi connectivity index (χ3n) is 4.13. The molecule has 1 atom stereocenters. The van der Waals surface area contributed by atoms with Crippen LogP contribution in [0.25, 0.3) is 5.69 Å². The largest absolute Gasteiger partial charge is 0.303 e. The average molecular weight is 352 g/mol. The molecule has 1 aliphatic heterocycles. The van der Waals surface area contributed by atoms with Crippen molar-refractivity contribution in [1.29, 1.82) is 0 Å². The zero-order valence-electron chi connectivity index (χ0n) is 12.8. The van der Waals surface area contributed by atoms with Gasteiger partial charge in [0, 0.05) is 11.8 Å². The lowest BCUT2D eigenvalue weighted by Gasteiger charge is -2.32. The van der Waals surface area contributed by atoms with E-state index in [2.05, 4.69) is 17.0 Å². The molecule has 1 aromatic heterocycles. The van der Waals surface area contributed by atoms with E-state index in [-0.39, 0.29) is 0 Å². The summed E-state index contributed by atoms with van der Waals surface area (Å²) >= 11 is 8.90. The monoisotopic (exact) mass is 351 g/mol. The second kappa shape index (κ2) is 7.73. The highest BCUT2D eigenvalue weighted by Crippen LogP contribution is 2.27. The lowest BCUT2D eigenvalue weighted by Crippen LogP contribution is -2.36. The third kappa shape index (κ3) is 3.98. The molecule has 118 valence electrons. The fourth-order valence-electron chi connectivity index (χ4n) is 2.84. The zero-order valence-corrected chi connectivity index (χ0v) is 15.2. The number of thioether (sulfide) groups is 1. The molecule has 2 aromatic rings. The average Bonchev–Trinajstić information content (AvgIpc) is 2.91. The Morgan fingerprint density at radius 2 is 2.14 bits per heavy atom. The van der Waals surface area contributed by atoms with Gasteiger partial charge in [-0.05, 0) is 57.2 Å². The predicted octanol–water partition coefficient (Wildman–Crippen LogP) is 4.63. The van der Waals surface area contributed by atoms with Crippen molar-refractivity contribution in [2.45, 2.75) is 36.1 Å². The van der Waals surface area contributed by atoms with Crippen LogP contribution in [0.5, 0.6) is 0 Å². The van der Waals surface area contributed by atoms with Gasteiger partial charge in [-0.1, -0.05) is 47.7 Å². The van der Waals surface area contributed by atoms with Gasteiger partial charge in [0.2, 0.25) is 0 Å². The minimum Gasteiger partial charge on any atom is -0.303 e. The van der Waals surface area contributed by atoms with Crippen LogP contribution in [0.4, 0.5) is 0 Å². The Labute approximate surface area is 145 Å². The van der Waals surface area contributed by atoms with Crippen LogP contribution in [0.15, 0.2) is 34.7 Å². The number of benzene rings is 1. The Bertz CT molecular complexity index is 650. The lowest BCUT2D eigenvalue weighted by atomic mass is 10.0. The first-order valence-electron chi connectivity index (χ1n) is 7.72. The molecule has 0 radical (unpaired) electrons. The van der Waals surface area contributed by atoms with E-state index in [0.717, 1.165) is 25.8 Å². The Morgan fingerprint density at radius 1 is 1.32 bits per heavy atom. The molecule has 1 fully saturated rings. The van der Waals surface area contributed by atoms with Gasteiger partial charge in [0.15, 0.2) is 8.29 Å². The quantitative estimate of drug-likeness (QED) is 0.578. The molecule has 6 heteroatoms. The van der Waals surface area contributed by atoms with Crippen LogP contribution in [0, 0.1) is 3.95 Å². The molecule has 3 nitrogen and oxygen atoms in total. The zero-order chi connectivity index (χ0) is 15.4. The van der Waals surface area contributed by atoms with Crippen LogP contribution in [-0.4, -0.2) is 40.1 Å². The number of hydrogen-bond donors (Lipinski definition) is 0. The van der Waals surface area contributed by atoms with E-state index < -0.39 is 0 Å². The molecule has 0 N–H and O–H groups in total. The summed E-state index contributed by atoms with van der Waals surface area (Å²) in [6, 6.07) is 10.9. The van der Waals surface area contributed by atoms with Crippen LogP contribution < -0.4 is 0 Å². The minimum absolute atomic E-state index is 0.741. The summed E-state index contributed by atoms with van der Waals surface area (Å²) in [7, 11) is 2.25. The van der Waals surface area contributed by atoms with Gasteiger partial charge < -0.3 is 4.90 Å². The van der Waals surface area contributed by atoms with Gasteiger partial charge >= 0.3 is 0 Å². The molecule has 0 saturated carbocycles. The molecule has 1 aromatic carbocycles. The van der Waals surface area contributed by atoms with Gasteiger partial charge in [0.05, 0.1) is 5.69 Å². The lowest BCUT2D eigenvalue weighted by molar-refractivity contribution is 0.182. The molecule has 2 heterocycles. The molecule has 0 amide bonds. The summed E-state index contributed by atoms with van der Waals surface area (Å²) in [5.41, 5.74) is 1.04. The van der Waals surface area contributed by atoms with Crippen molar-refractivity contribution < 1.29 is 0 Å². The predicted molar refractivity (Wildman–Crippen MR) is 97.9 cm³/mol. The molecule has 1 unspecified atom stereocenters. The topological polar surface area (TPSA) is 21.1 Å². The SMILES string of the molecule is CN1CCCCC1CCSc1nn(-c2ccccc2)c(=S)s1. The fraction of sp³-hybridized carbons (Fsp3) is 0.500. The highest BCUT2D eigenvalue weighted by Gasteiger charge is 2.18. The van der Waals surface area contributed by atoms with Crippen molar-refractivity contribution in [3.05, 3.63) is 34.3 Å². The van der Waals surface area contributed by atoms with E-state index in [1.54, 1.807) is 11.3 Å². The molecule has 3 rings (SSSR count). The number of nitrogens with zero attached hydrogens (tertiary/aromatic N) is 3. The maximum Gasteiger partial charge on any atom is 0.184 e. The van der Waals surface area contributed by atoms with Gasteiger partial charge in [-0.15, -0.1) is 5.10 Å². The highest BCUT2D eigenvalue weighted by molar-refractivity contribution is 8.01. The smallest absolute Gasteiger partial charge is 0.184 e. The summed E-state index contributed by atoms with van der Waals surface area (Å²) in [6.45, 7) is 1.25. The first-order chi connectivity index (χ1) is 10.7. The highest BCUT2D eigenvalue weighted by atomic mass is 32.2. The van der Waals surface area contributed by atoms with Gasteiger partial charge in [0.25, 0.3) is 0 Å². The van der Waals surface area contributed by atoms with Gasteiger partial charge in [-0.2, -0.15) is 0 Å². The summed E-state index contributed by atoms with van der Waals surface area (Å²) in [4.78, 5) is 2.51. The van der Waals surface area contributed by atoms with E-state index in [4.69, 9.17) is 12.2 Å². The third-order valence-corrected chi connectivity index (χ3v) is 6.53. The molecular weight excluding hydrogens is 330 g/mol. The molecule has 1 saturated heterocycles. The Kier molecular flexibility index (Phi) is 5.68. The first-order valence-corrected chi connectivity index (χ1v) is 9.94. The molecular formula is C16H21N3S3. The fourth-order valence-corrected chi connectivity index (χ4v) is 5.31. The summed E-state index contributed by atoms with van der Waals surface area (Å²) in [5.74, 6) is 1.12. The number of hydrogen-bond acceptors (Lipinski definition) is 5. The van der Waals surface area contributed by atoms with Crippen molar-refractivity contribution in [2.75, 3.05) is 19.3 Å². The van der Waals surface area contributed by atoms with Gasteiger partial charge in [-0.3, -0.25) is 0 Å². The number of likely N-dealkylation sites (tertiary alicyclic amines) is 1. The van der Waals surface area contributed by atoms with Crippen LogP contribution >= 0.6 is 35.3 Å². The number of rotatable bonds is 5. The molecule has 0 spiro atoms. The van der Waals surface area contributed by atoms with E-state index in [1.807, 2.05) is 46.8 Å². The maximum atomic E-state index is 5.45. The van der Waals surface area contributed by atoms with Crippen LogP contribution in [0.1, 0.15) is 25.7 Å². The van der Waals surface area contributed by atoms with E-state index in [9.17, 15) is 0 Å². The van der Waals surface area contributed by atoms with Crippen LogP contribution in [0.3, 0.4) is 0 Å². The van der Waals surface area contributed by atoms with Crippen molar-refractivity contribution in [2.24, 2.45) is 0 Å². The Balaban J connectivity index is 1.59. The first kappa shape index (κ1) is 16.2. The molecule has 0 aliphatic carbocycles. The second-order valence-electron chi connectivity index (χ2n) is 5.65. The van der Waals surface area contributed by atoms with E-state index in [1.165, 1.54) is 32.2 Å². The van der Waals surface area contributed by atoms with Gasteiger partial charge in [0.1, 0.15) is 0 Å². The second-order valence-corrected chi connectivity index (χ2v) is 8.61. The standard InChI is InChI=1S/C16H21N3S3/c1-18-11-6-5-7-13(18)10-12-21-15-17-19(16(20)22-15)14-8-3-2-4-9-14/h2-4,8-9,13H,5-7,10-12H2,1H3. The number of aromatic nitrogens is 2. The molecule has 22 heavy (non-hydrogen) atoms. The normalized spacial score (nSPS) is 19.4. The minimum atomic E-state index is 0.741. The van der Waals surface area contributed by atoms with Gasteiger partial charge in [-0.25, -0.2) is 4.68 Å². The number of para-hydroxylation sites is 1. The molecule has 1 aliphatic rings. The van der Waals surface area contributed by atoms with Crippen molar-refractivity contribution in [3.63, 3.8) is 0 Å². The van der Waals surface area contributed by atoms with E-state index >= 15 is 0 Å². The summed E-state index contributed by atoms with van der Waals surface area (Å²) < 4.78 is 3.77. The van der Waals surface area contributed by atoms with Crippen molar-refractivity contribution >= 4 is 35.3 Å². The van der Waals surface area contributed by atoms with Crippen molar-refractivity contribution in [1.82, 2.24) is 14.7 Å².